The Bertz CT molecular complexity index is 1710. The number of hydrogen-bond donors (Lipinski definition) is 2. The Hall–Kier alpha value is -4.17. The number of carbonyl (C=O) groups excluding carboxylic acids is 2. The summed E-state index contributed by atoms with van der Waals surface area (Å²) in [6, 6.07) is 9.82. The Morgan fingerprint density at radius 1 is 0.700 bits per heavy atom. The standard InChI is InChI=1S/C12H7BrClN5O.C12H7Cl2N5O/c2*13-8-5-10(14)18-19-9(6-16-11(8)19)12(20)17-7-1-3-15-4-2-7/h2*1-6H,(H,15,17,20). The lowest BCUT2D eigenvalue weighted by atomic mass is 10.3. The molecule has 16 heteroatoms. The van der Waals surface area contributed by atoms with Crippen LogP contribution in [0.25, 0.3) is 11.3 Å². The van der Waals surface area contributed by atoms with Crippen molar-refractivity contribution >= 4 is 85.2 Å². The summed E-state index contributed by atoms with van der Waals surface area (Å²) in [6.45, 7) is 0. The fourth-order valence-electron chi connectivity index (χ4n) is 3.38. The van der Waals surface area contributed by atoms with Crippen molar-refractivity contribution in [3.8, 4) is 0 Å². The molecule has 0 fully saturated rings. The number of nitrogens with zero attached hydrogens (tertiary/aromatic N) is 8. The predicted octanol–water partition coefficient (Wildman–Crippen LogP) is 5.48. The fourth-order valence-corrected chi connectivity index (χ4v) is 4.65. The van der Waals surface area contributed by atoms with E-state index in [9.17, 15) is 9.59 Å². The lowest BCUT2D eigenvalue weighted by Gasteiger charge is -2.04. The molecular weight excluding hydrogens is 647 g/mol. The molecule has 0 aromatic carbocycles. The van der Waals surface area contributed by atoms with Crippen LogP contribution in [-0.4, -0.2) is 51.0 Å². The molecule has 6 aromatic rings. The van der Waals surface area contributed by atoms with E-state index >= 15 is 0 Å². The Balaban J connectivity index is 0.000000161. The van der Waals surface area contributed by atoms with Crippen molar-refractivity contribution in [1.29, 1.82) is 0 Å². The van der Waals surface area contributed by atoms with E-state index in [4.69, 9.17) is 34.8 Å². The molecule has 0 aliphatic heterocycles. The van der Waals surface area contributed by atoms with Gasteiger partial charge in [-0.1, -0.05) is 34.8 Å². The average molecular weight is 661 g/mol. The van der Waals surface area contributed by atoms with Crippen molar-refractivity contribution in [3.63, 3.8) is 0 Å². The van der Waals surface area contributed by atoms with Crippen LogP contribution in [0.2, 0.25) is 15.3 Å². The van der Waals surface area contributed by atoms with E-state index in [-0.39, 0.29) is 27.8 Å². The monoisotopic (exact) mass is 658 g/mol. The van der Waals surface area contributed by atoms with Crippen LogP contribution in [0.15, 0.2) is 78.1 Å². The van der Waals surface area contributed by atoms with Gasteiger partial charge >= 0.3 is 0 Å². The normalized spacial score (nSPS) is 10.7. The predicted molar refractivity (Wildman–Crippen MR) is 153 cm³/mol. The van der Waals surface area contributed by atoms with E-state index in [2.05, 4.69) is 56.7 Å². The molecule has 12 nitrogen and oxygen atoms in total. The minimum atomic E-state index is -0.366. The number of hydrogen-bond acceptors (Lipinski definition) is 8. The van der Waals surface area contributed by atoms with Gasteiger partial charge in [-0.25, -0.2) is 19.0 Å². The largest absolute Gasteiger partial charge is 0.320 e. The molecule has 0 bridgehead atoms. The van der Waals surface area contributed by atoms with E-state index in [1.807, 2.05) is 0 Å². The molecule has 0 aliphatic carbocycles. The minimum Gasteiger partial charge on any atom is -0.320 e. The molecule has 2 amide bonds. The molecule has 6 heterocycles. The Morgan fingerprint density at radius 2 is 1.15 bits per heavy atom. The van der Waals surface area contributed by atoms with Gasteiger partial charge in [0.2, 0.25) is 0 Å². The quantitative estimate of drug-likeness (QED) is 0.253. The zero-order chi connectivity index (χ0) is 28.2. The number of fused-ring (bicyclic) bond motifs is 2. The Morgan fingerprint density at radius 3 is 1.68 bits per heavy atom. The molecule has 0 radical (unpaired) electrons. The van der Waals surface area contributed by atoms with Crippen molar-refractivity contribution in [1.82, 2.24) is 39.2 Å². The molecular formula is C24H14BrCl3N10O2. The summed E-state index contributed by atoms with van der Waals surface area (Å²) in [5, 5.41) is 14.3. The molecule has 6 aromatic heterocycles. The molecule has 40 heavy (non-hydrogen) atoms. The summed E-state index contributed by atoms with van der Waals surface area (Å²) in [7, 11) is 0. The summed E-state index contributed by atoms with van der Waals surface area (Å²) in [5.74, 6) is -0.695. The van der Waals surface area contributed by atoms with Gasteiger partial charge in [0.25, 0.3) is 11.8 Å². The molecule has 2 N–H and O–H groups in total. The highest BCUT2D eigenvalue weighted by molar-refractivity contribution is 9.10. The maximum absolute atomic E-state index is 12.2. The first-order valence-electron chi connectivity index (χ1n) is 11.1. The first-order valence-corrected chi connectivity index (χ1v) is 13.0. The van der Waals surface area contributed by atoms with Gasteiger partial charge in [-0.05, 0) is 52.3 Å². The molecule has 6 rings (SSSR count). The van der Waals surface area contributed by atoms with Crippen molar-refractivity contribution < 1.29 is 9.59 Å². The number of halogens is 4. The van der Waals surface area contributed by atoms with Gasteiger partial charge in [-0.2, -0.15) is 10.2 Å². The highest BCUT2D eigenvalue weighted by atomic mass is 79.9. The van der Waals surface area contributed by atoms with Gasteiger partial charge in [0.15, 0.2) is 33.0 Å². The van der Waals surface area contributed by atoms with Crippen molar-refractivity contribution in [2.45, 2.75) is 0 Å². The van der Waals surface area contributed by atoms with Crippen LogP contribution in [0.3, 0.4) is 0 Å². The number of nitrogens with one attached hydrogen (secondary N) is 2. The van der Waals surface area contributed by atoms with Crippen LogP contribution in [0.5, 0.6) is 0 Å². The maximum Gasteiger partial charge on any atom is 0.276 e. The summed E-state index contributed by atoms with van der Waals surface area (Å²) in [6.07, 6.45) is 9.18. The van der Waals surface area contributed by atoms with Gasteiger partial charge in [0.1, 0.15) is 0 Å². The van der Waals surface area contributed by atoms with E-state index in [0.29, 0.717) is 37.9 Å². The fraction of sp³-hybridized carbons (Fsp3) is 0. The number of pyridine rings is 2. The Labute approximate surface area is 248 Å². The number of anilines is 2. The summed E-state index contributed by atoms with van der Waals surface area (Å²) in [4.78, 5) is 40.4. The number of rotatable bonds is 4. The zero-order valence-corrected chi connectivity index (χ0v) is 23.7. The lowest BCUT2D eigenvalue weighted by molar-refractivity contribution is 0.101. The summed E-state index contributed by atoms with van der Waals surface area (Å²) in [5.41, 5.74) is 2.68. The molecule has 0 spiro atoms. The summed E-state index contributed by atoms with van der Waals surface area (Å²) >= 11 is 21.0. The smallest absolute Gasteiger partial charge is 0.276 e. The number of aromatic nitrogens is 8. The number of carbonyl (C=O) groups is 2. The van der Waals surface area contributed by atoms with Crippen LogP contribution < -0.4 is 10.6 Å². The van der Waals surface area contributed by atoms with Crippen LogP contribution in [0.4, 0.5) is 11.4 Å². The van der Waals surface area contributed by atoms with Gasteiger partial charge < -0.3 is 10.6 Å². The van der Waals surface area contributed by atoms with E-state index in [1.54, 1.807) is 55.1 Å². The van der Waals surface area contributed by atoms with Gasteiger partial charge in [-0.3, -0.25) is 19.6 Å². The van der Waals surface area contributed by atoms with E-state index in [1.165, 1.54) is 27.5 Å². The molecule has 0 saturated carbocycles. The summed E-state index contributed by atoms with van der Waals surface area (Å²) < 4.78 is 3.37. The number of imidazole rings is 2. The van der Waals surface area contributed by atoms with E-state index in [0.717, 1.165) is 0 Å². The molecule has 0 atom stereocenters. The van der Waals surface area contributed by atoms with Crippen LogP contribution in [0.1, 0.15) is 21.0 Å². The highest BCUT2D eigenvalue weighted by Crippen LogP contribution is 2.22. The maximum atomic E-state index is 12.2. The van der Waals surface area contributed by atoms with Gasteiger partial charge in [-0.15, -0.1) is 0 Å². The first-order chi connectivity index (χ1) is 19.3. The highest BCUT2D eigenvalue weighted by Gasteiger charge is 2.17. The second kappa shape index (κ2) is 11.9. The van der Waals surface area contributed by atoms with Crippen molar-refractivity contribution in [3.05, 3.63) is 105 Å². The molecule has 0 saturated heterocycles. The Kier molecular flexibility index (Phi) is 8.16. The first kappa shape index (κ1) is 27.4. The third-order valence-corrected chi connectivity index (χ3v) is 6.36. The van der Waals surface area contributed by atoms with Crippen LogP contribution in [-0.2, 0) is 0 Å². The van der Waals surface area contributed by atoms with Crippen LogP contribution >= 0.6 is 50.7 Å². The SMILES string of the molecule is O=C(Nc1ccncc1)c1cnc2c(Br)cc(Cl)nn12.O=C(Nc1ccncc1)c1cnc2c(Cl)cc(Cl)nn12. The minimum absolute atomic E-state index is 0.179. The second-order valence-corrected chi connectivity index (χ2v) is 9.80. The second-order valence-electron chi connectivity index (χ2n) is 7.77. The van der Waals surface area contributed by atoms with Gasteiger partial charge in [0.05, 0.1) is 21.9 Å². The van der Waals surface area contributed by atoms with E-state index < -0.39 is 0 Å². The number of amides is 2. The molecule has 0 aliphatic rings. The van der Waals surface area contributed by atoms with Gasteiger partial charge in [0, 0.05) is 36.2 Å². The molecule has 0 unspecified atom stereocenters. The zero-order valence-electron chi connectivity index (χ0n) is 19.8. The van der Waals surface area contributed by atoms with Crippen LogP contribution in [0, 0.1) is 0 Å². The average Bonchev–Trinajstić information content (AvgIpc) is 3.55. The van der Waals surface area contributed by atoms with Crippen molar-refractivity contribution in [2.24, 2.45) is 0 Å². The topological polar surface area (TPSA) is 144 Å². The van der Waals surface area contributed by atoms with Crippen molar-refractivity contribution in [2.75, 3.05) is 10.6 Å². The third kappa shape index (κ3) is 6.02. The molecule has 200 valence electrons. The third-order valence-electron chi connectivity index (χ3n) is 5.13. The lowest BCUT2D eigenvalue weighted by Crippen LogP contribution is -2.15.